The van der Waals surface area contributed by atoms with E-state index in [0.717, 1.165) is 21.9 Å². The van der Waals surface area contributed by atoms with Crippen molar-refractivity contribution in [2.24, 2.45) is 5.73 Å². The van der Waals surface area contributed by atoms with E-state index in [2.05, 4.69) is 9.97 Å². The van der Waals surface area contributed by atoms with E-state index in [0.29, 0.717) is 4.88 Å². The van der Waals surface area contributed by atoms with E-state index < -0.39 is 5.91 Å². The van der Waals surface area contributed by atoms with Crippen LogP contribution in [0.4, 0.5) is 0 Å². The molecule has 0 spiro atoms. The Labute approximate surface area is 107 Å². The first-order valence-corrected chi connectivity index (χ1v) is 6.17. The van der Waals surface area contributed by atoms with Gasteiger partial charge in [0.15, 0.2) is 0 Å². The van der Waals surface area contributed by atoms with Crippen molar-refractivity contribution >= 4 is 28.3 Å². The SMILES string of the molecule is Cc1nc2cnccc2n1-c1ccc(C(N)=O)s1. The molecule has 6 heteroatoms. The lowest BCUT2D eigenvalue weighted by molar-refractivity contribution is 0.100. The predicted octanol–water partition coefficient (Wildman–Crippen LogP) is 1.89. The Hall–Kier alpha value is -2.21. The number of carbonyl (C=O) groups excluding carboxylic acids is 1. The van der Waals surface area contributed by atoms with Gasteiger partial charge in [-0.2, -0.15) is 0 Å². The zero-order chi connectivity index (χ0) is 12.7. The van der Waals surface area contributed by atoms with Gasteiger partial charge in [-0.3, -0.25) is 14.3 Å². The number of hydrogen-bond donors (Lipinski definition) is 1. The Bertz CT molecular complexity index is 743. The minimum absolute atomic E-state index is 0.407. The second kappa shape index (κ2) is 3.92. The van der Waals surface area contributed by atoms with Crippen LogP contribution in [0.1, 0.15) is 15.5 Å². The number of hydrogen-bond acceptors (Lipinski definition) is 4. The maximum atomic E-state index is 11.1. The molecule has 0 saturated heterocycles. The van der Waals surface area contributed by atoms with Gasteiger partial charge in [0.1, 0.15) is 16.3 Å². The second-order valence-electron chi connectivity index (χ2n) is 3.86. The summed E-state index contributed by atoms with van der Waals surface area (Å²) in [4.78, 5) is 20.2. The number of imidazole rings is 1. The number of fused-ring (bicyclic) bond motifs is 1. The fraction of sp³-hybridized carbons (Fsp3) is 0.0833. The quantitative estimate of drug-likeness (QED) is 0.762. The lowest BCUT2D eigenvalue weighted by Crippen LogP contribution is -2.08. The number of primary amides is 1. The van der Waals surface area contributed by atoms with Crippen LogP contribution in [0.5, 0.6) is 0 Å². The molecule has 5 nitrogen and oxygen atoms in total. The van der Waals surface area contributed by atoms with E-state index in [1.54, 1.807) is 18.5 Å². The van der Waals surface area contributed by atoms with Crippen LogP contribution >= 0.6 is 11.3 Å². The van der Waals surface area contributed by atoms with Gasteiger partial charge in [0, 0.05) is 6.20 Å². The fourth-order valence-electron chi connectivity index (χ4n) is 1.91. The van der Waals surface area contributed by atoms with Gasteiger partial charge in [0.25, 0.3) is 5.91 Å². The van der Waals surface area contributed by atoms with Crippen molar-refractivity contribution in [1.82, 2.24) is 14.5 Å². The van der Waals surface area contributed by atoms with Crippen molar-refractivity contribution in [2.45, 2.75) is 6.92 Å². The smallest absolute Gasteiger partial charge is 0.258 e. The number of aryl methyl sites for hydroxylation is 1. The van der Waals surface area contributed by atoms with Gasteiger partial charge >= 0.3 is 0 Å². The van der Waals surface area contributed by atoms with Crippen LogP contribution in [0, 0.1) is 6.92 Å². The molecule has 1 amide bonds. The van der Waals surface area contributed by atoms with Gasteiger partial charge in [-0.25, -0.2) is 4.98 Å². The summed E-state index contributed by atoms with van der Waals surface area (Å²) in [5.74, 6) is 0.450. The van der Waals surface area contributed by atoms with Gasteiger partial charge < -0.3 is 5.73 Å². The standard InChI is InChI=1S/C12H10N4OS/c1-7-15-8-6-14-5-4-9(8)16(7)11-3-2-10(18-11)12(13)17/h2-6H,1H3,(H2,13,17). The summed E-state index contributed by atoms with van der Waals surface area (Å²) < 4.78 is 1.99. The van der Waals surface area contributed by atoms with Crippen molar-refractivity contribution in [3.8, 4) is 5.00 Å². The minimum atomic E-state index is -0.407. The molecular weight excluding hydrogens is 248 g/mol. The largest absolute Gasteiger partial charge is 0.365 e. The molecule has 0 unspecified atom stereocenters. The zero-order valence-electron chi connectivity index (χ0n) is 9.62. The summed E-state index contributed by atoms with van der Waals surface area (Å²) in [6.45, 7) is 1.92. The first kappa shape index (κ1) is 10.9. The molecule has 3 aromatic rings. The number of rotatable bonds is 2. The maximum absolute atomic E-state index is 11.1. The number of aromatic nitrogens is 3. The first-order chi connectivity index (χ1) is 8.66. The topological polar surface area (TPSA) is 73.8 Å². The predicted molar refractivity (Wildman–Crippen MR) is 70.0 cm³/mol. The Morgan fingerprint density at radius 2 is 2.22 bits per heavy atom. The molecule has 90 valence electrons. The number of thiophene rings is 1. The Morgan fingerprint density at radius 1 is 1.39 bits per heavy atom. The summed E-state index contributed by atoms with van der Waals surface area (Å²) in [7, 11) is 0. The molecular formula is C12H10N4OS. The molecule has 3 aromatic heterocycles. The maximum Gasteiger partial charge on any atom is 0.258 e. The van der Waals surface area contributed by atoms with Crippen molar-refractivity contribution in [3.05, 3.63) is 41.3 Å². The summed E-state index contributed by atoms with van der Waals surface area (Å²) >= 11 is 1.36. The van der Waals surface area contributed by atoms with E-state index >= 15 is 0 Å². The highest BCUT2D eigenvalue weighted by molar-refractivity contribution is 7.16. The second-order valence-corrected chi connectivity index (χ2v) is 4.92. The summed E-state index contributed by atoms with van der Waals surface area (Å²) in [6.07, 6.45) is 3.45. The summed E-state index contributed by atoms with van der Waals surface area (Å²) in [5, 5.41) is 0.926. The van der Waals surface area contributed by atoms with Crippen LogP contribution in [0.15, 0.2) is 30.6 Å². The van der Waals surface area contributed by atoms with E-state index in [4.69, 9.17) is 5.73 Å². The number of nitrogens with zero attached hydrogens (tertiary/aromatic N) is 3. The third-order valence-corrected chi connectivity index (χ3v) is 3.76. The molecule has 0 bridgehead atoms. The van der Waals surface area contributed by atoms with Gasteiger partial charge in [-0.05, 0) is 25.1 Å². The first-order valence-electron chi connectivity index (χ1n) is 5.36. The highest BCUT2D eigenvalue weighted by atomic mass is 32.1. The molecule has 3 rings (SSSR count). The van der Waals surface area contributed by atoms with Crippen LogP contribution < -0.4 is 5.73 Å². The minimum Gasteiger partial charge on any atom is -0.365 e. The number of pyridine rings is 1. The normalized spacial score (nSPS) is 10.9. The van der Waals surface area contributed by atoms with Crippen molar-refractivity contribution < 1.29 is 4.79 Å². The van der Waals surface area contributed by atoms with Gasteiger partial charge in [-0.15, -0.1) is 11.3 Å². The molecule has 0 aliphatic heterocycles. The monoisotopic (exact) mass is 258 g/mol. The van der Waals surface area contributed by atoms with Gasteiger partial charge in [-0.1, -0.05) is 0 Å². The molecule has 0 saturated carbocycles. The van der Waals surface area contributed by atoms with Crippen LogP contribution in [0.25, 0.3) is 16.0 Å². The lowest BCUT2D eigenvalue weighted by atomic mass is 10.4. The number of nitrogens with two attached hydrogens (primary N) is 1. The lowest BCUT2D eigenvalue weighted by Gasteiger charge is -2.02. The molecule has 0 fully saturated rings. The van der Waals surface area contributed by atoms with Crippen LogP contribution in [0.2, 0.25) is 0 Å². The molecule has 3 heterocycles. The highest BCUT2D eigenvalue weighted by Crippen LogP contribution is 2.26. The van der Waals surface area contributed by atoms with E-state index in [-0.39, 0.29) is 0 Å². The average Bonchev–Trinajstić information content (AvgIpc) is 2.91. The van der Waals surface area contributed by atoms with Crippen molar-refractivity contribution in [1.29, 1.82) is 0 Å². The molecule has 0 radical (unpaired) electrons. The molecule has 0 aromatic carbocycles. The summed E-state index contributed by atoms with van der Waals surface area (Å²) in [5.41, 5.74) is 7.08. The van der Waals surface area contributed by atoms with Crippen LogP contribution in [-0.2, 0) is 0 Å². The molecule has 2 N–H and O–H groups in total. The average molecular weight is 258 g/mol. The molecule has 0 atom stereocenters. The zero-order valence-corrected chi connectivity index (χ0v) is 10.4. The van der Waals surface area contributed by atoms with Crippen LogP contribution in [0.3, 0.4) is 0 Å². The fourth-order valence-corrected chi connectivity index (χ4v) is 2.83. The third kappa shape index (κ3) is 1.58. The molecule has 0 aliphatic rings. The highest BCUT2D eigenvalue weighted by Gasteiger charge is 2.12. The van der Waals surface area contributed by atoms with E-state index in [9.17, 15) is 4.79 Å². The van der Waals surface area contributed by atoms with Crippen molar-refractivity contribution in [2.75, 3.05) is 0 Å². The Balaban J connectivity index is 2.24. The Kier molecular flexibility index (Phi) is 2.38. The number of carbonyl (C=O) groups is 1. The van der Waals surface area contributed by atoms with Gasteiger partial charge in [0.2, 0.25) is 0 Å². The number of amides is 1. The van der Waals surface area contributed by atoms with Crippen molar-refractivity contribution in [3.63, 3.8) is 0 Å². The Morgan fingerprint density at radius 3 is 2.94 bits per heavy atom. The van der Waals surface area contributed by atoms with E-state index in [1.165, 1.54) is 11.3 Å². The van der Waals surface area contributed by atoms with Crippen LogP contribution in [-0.4, -0.2) is 20.4 Å². The summed E-state index contributed by atoms with van der Waals surface area (Å²) in [6, 6.07) is 5.51. The van der Waals surface area contributed by atoms with Gasteiger partial charge in [0.05, 0.1) is 16.6 Å². The molecule has 18 heavy (non-hydrogen) atoms. The molecule has 0 aliphatic carbocycles. The third-order valence-electron chi connectivity index (χ3n) is 2.68. The van der Waals surface area contributed by atoms with E-state index in [1.807, 2.05) is 23.6 Å².